The van der Waals surface area contributed by atoms with Gasteiger partial charge in [-0.05, 0) is 61.7 Å². The Balaban J connectivity index is 2.19. The summed E-state index contributed by atoms with van der Waals surface area (Å²) in [5.41, 5.74) is 1.86. The van der Waals surface area contributed by atoms with Gasteiger partial charge in [0.15, 0.2) is 17.8 Å². The zero-order chi connectivity index (χ0) is 27.5. The maximum Gasteiger partial charge on any atom is 0.333 e. The molecule has 0 saturated carbocycles. The van der Waals surface area contributed by atoms with Crippen LogP contribution in [0.4, 0.5) is 4.39 Å². The first-order valence-electron chi connectivity index (χ1n) is 11.5. The Kier molecular flexibility index (Phi) is 11.3. The van der Waals surface area contributed by atoms with E-state index in [1.54, 1.807) is 32.0 Å². The van der Waals surface area contributed by atoms with Crippen LogP contribution in [0.3, 0.4) is 0 Å². The average molecular weight is 517 g/mol. The number of hydrogen-bond donors (Lipinski definition) is 2. The molecule has 0 aliphatic carbocycles. The molecule has 2 aromatic rings. The predicted molar refractivity (Wildman–Crippen MR) is 137 cm³/mol. The first-order chi connectivity index (χ1) is 17.5. The molecular weight excluding hydrogens is 483 g/mol. The van der Waals surface area contributed by atoms with E-state index in [-0.39, 0.29) is 49.1 Å². The van der Waals surface area contributed by atoms with E-state index in [0.29, 0.717) is 22.5 Å². The Morgan fingerprint density at radius 2 is 1.51 bits per heavy atom. The smallest absolute Gasteiger partial charge is 0.333 e. The number of benzene rings is 2. The Morgan fingerprint density at radius 1 is 0.865 bits per heavy atom. The van der Waals surface area contributed by atoms with Gasteiger partial charge < -0.3 is 33.9 Å². The van der Waals surface area contributed by atoms with Crippen molar-refractivity contribution < 1.29 is 43.1 Å². The summed E-state index contributed by atoms with van der Waals surface area (Å²) >= 11 is 0. The minimum Gasteiger partial charge on any atom is -0.487 e. The summed E-state index contributed by atoms with van der Waals surface area (Å²) in [5, 5.41) is 19.5. The molecule has 0 amide bonds. The van der Waals surface area contributed by atoms with Crippen LogP contribution >= 0.6 is 0 Å². The fourth-order valence-electron chi connectivity index (χ4n) is 2.80. The summed E-state index contributed by atoms with van der Waals surface area (Å²) in [6.45, 7) is 15.6. The van der Waals surface area contributed by atoms with E-state index < -0.39 is 24.4 Å². The third-order valence-corrected chi connectivity index (χ3v) is 4.83. The molecule has 0 bridgehead atoms. The van der Waals surface area contributed by atoms with Gasteiger partial charge in [0.1, 0.15) is 31.4 Å². The zero-order valence-corrected chi connectivity index (χ0v) is 21.3. The Hall–Kier alpha value is -3.66. The first-order valence-corrected chi connectivity index (χ1v) is 11.5. The summed E-state index contributed by atoms with van der Waals surface area (Å²) in [6, 6.07) is 9.03. The van der Waals surface area contributed by atoms with Gasteiger partial charge in [-0.2, -0.15) is 0 Å². The molecule has 2 unspecified atom stereocenters. The van der Waals surface area contributed by atoms with E-state index in [4.69, 9.17) is 23.7 Å². The second-order valence-electron chi connectivity index (χ2n) is 8.30. The van der Waals surface area contributed by atoms with Gasteiger partial charge in [0.05, 0.1) is 6.61 Å². The number of esters is 1. The lowest BCUT2D eigenvalue weighted by molar-refractivity contribution is -0.139. The summed E-state index contributed by atoms with van der Waals surface area (Å²) < 4.78 is 41.9. The van der Waals surface area contributed by atoms with Crippen LogP contribution in [0.2, 0.25) is 0 Å². The molecule has 0 radical (unpaired) electrons. The second-order valence-corrected chi connectivity index (χ2v) is 8.30. The molecule has 0 fully saturated rings. The van der Waals surface area contributed by atoms with Crippen LogP contribution in [-0.4, -0.2) is 55.2 Å². The summed E-state index contributed by atoms with van der Waals surface area (Å²) in [7, 11) is 0. The van der Waals surface area contributed by atoms with Crippen LogP contribution in [0.15, 0.2) is 72.9 Å². The van der Waals surface area contributed by atoms with Crippen LogP contribution in [0.5, 0.6) is 17.2 Å². The van der Waals surface area contributed by atoms with Crippen LogP contribution in [-0.2, 0) is 14.3 Å². The SMILES string of the molecule is C=C(C)C(=O)OCCOc1cc(-c2ccc(OC(O)C(=C)C)cc2F)ccc1OCCOC(O)C(=C)C. The number of aliphatic hydroxyl groups excluding tert-OH is 2. The average Bonchev–Trinajstić information content (AvgIpc) is 2.84. The molecule has 200 valence electrons. The number of halogens is 1. The van der Waals surface area contributed by atoms with Gasteiger partial charge in [-0.3, -0.25) is 0 Å². The molecule has 0 aliphatic heterocycles. The molecule has 2 rings (SSSR count). The largest absolute Gasteiger partial charge is 0.487 e. The van der Waals surface area contributed by atoms with Crippen molar-refractivity contribution in [2.24, 2.45) is 0 Å². The molecule has 2 aromatic carbocycles. The van der Waals surface area contributed by atoms with Crippen molar-refractivity contribution in [3.05, 3.63) is 78.7 Å². The van der Waals surface area contributed by atoms with Crippen molar-refractivity contribution in [3.8, 4) is 28.4 Å². The first kappa shape index (κ1) is 29.6. The molecule has 37 heavy (non-hydrogen) atoms. The fraction of sp³-hybridized carbons (Fsp3) is 0.321. The van der Waals surface area contributed by atoms with Gasteiger partial charge in [0, 0.05) is 17.2 Å². The minimum absolute atomic E-state index is 0.0117. The van der Waals surface area contributed by atoms with Gasteiger partial charge in [-0.1, -0.05) is 25.8 Å². The van der Waals surface area contributed by atoms with E-state index in [1.165, 1.54) is 19.1 Å². The number of hydrogen-bond acceptors (Lipinski definition) is 8. The predicted octanol–water partition coefficient (Wildman–Crippen LogP) is 4.55. The van der Waals surface area contributed by atoms with Crippen molar-refractivity contribution in [1.82, 2.24) is 0 Å². The van der Waals surface area contributed by atoms with Crippen LogP contribution in [0.1, 0.15) is 20.8 Å². The third-order valence-electron chi connectivity index (χ3n) is 4.83. The van der Waals surface area contributed by atoms with E-state index in [0.717, 1.165) is 6.07 Å². The lowest BCUT2D eigenvalue weighted by atomic mass is 10.0. The summed E-state index contributed by atoms with van der Waals surface area (Å²) in [4.78, 5) is 11.6. The van der Waals surface area contributed by atoms with Crippen molar-refractivity contribution in [3.63, 3.8) is 0 Å². The Labute approximate surface area is 216 Å². The molecule has 0 aromatic heterocycles. The lowest BCUT2D eigenvalue weighted by Crippen LogP contribution is -2.17. The highest BCUT2D eigenvalue weighted by atomic mass is 19.1. The van der Waals surface area contributed by atoms with Gasteiger partial charge >= 0.3 is 5.97 Å². The highest BCUT2D eigenvalue weighted by Crippen LogP contribution is 2.35. The highest BCUT2D eigenvalue weighted by Gasteiger charge is 2.14. The second kappa shape index (κ2) is 14.2. The van der Waals surface area contributed by atoms with Crippen molar-refractivity contribution in [2.45, 2.75) is 33.4 Å². The lowest BCUT2D eigenvalue weighted by Gasteiger charge is -2.17. The topological polar surface area (TPSA) is 104 Å². The van der Waals surface area contributed by atoms with Crippen molar-refractivity contribution in [2.75, 3.05) is 26.4 Å². The molecule has 9 heteroatoms. The number of ether oxygens (including phenoxy) is 5. The van der Waals surface area contributed by atoms with Gasteiger partial charge in [-0.15, -0.1) is 0 Å². The standard InChI is InChI=1S/C28H33FO8/c1-17(2)26(30)35-13-11-33-24-10-7-20(15-25(24)34-12-14-36-27(31)18(3)4)22-9-8-21(16-23(22)29)37-28(32)19(5)6/h7-10,15-16,26,28,30,32H,1,3,5,11-14H2,2,4,6H3. The van der Waals surface area contributed by atoms with Crippen LogP contribution in [0.25, 0.3) is 11.1 Å². The van der Waals surface area contributed by atoms with Crippen LogP contribution in [0, 0.1) is 5.82 Å². The van der Waals surface area contributed by atoms with Gasteiger partial charge in [0.2, 0.25) is 6.29 Å². The highest BCUT2D eigenvalue weighted by molar-refractivity contribution is 5.86. The molecule has 2 N–H and O–H groups in total. The molecule has 0 aliphatic rings. The zero-order valence-electron chi connectivity index (χ0n) is 21.3. The van der Waals surface area contributed by atoms with E-state index in [1.807, 2.05) is 0 Å². The molecule has 0 spiro atoms. The van der Waals surface area contributed by atoms with Crippen molar-refractivity contribution in [1.29, 1.82) is 0 Å². The maximum absolute atomic E-state index is 14.9. The molecule has 2 atom stereocenters. The molecular formula is C28H33FO8. The Morgan fingerprint density at radius 3 is 2.14 bits per heavy atom. The number of rotatable bonds is 15. The normalized spacial score (nSPS) is 12.3. The Bertz CT molecular complexity index is 1130. The van der Waals surface area contributed by atoms with Crippen LogP contribution < -0.4 is 14.2 Å². The van der Waals surface area contributed by atoms with Gasteiger partial charge in [-0.25, -0.2) is 9.18 Å². The summed E-state index contributed by atoms with van der Waals surface area (Å²) in [6.07, 6.45) is -2.35. The molecule has 0 heterocycles. The van der Waals surface area contributed by atoms with Gasteiger partial charge in [0.25, 0.3) is 0 Å². The molecule has 8 nitrogen and oxygen atoms in total. The third kappa shape index (κ3) is 9.38. The number of aliphatic hydroxyl groups is 2. The van der Waals surface area contributed by atoms with E-state index >= 15 is 0 Å². The summed E-state index contributed by atoms with van der Waals surface area (Å²) in [5.74, 6) is -0.355. The minimum atomic E-state index is -1.25. The maximum atomic E-state index is 14.9. The quantitative estimate of drug-likeness (QED) is 0.117. The monoisotopic (exact) mass is 516 g/mol. The number of carbonyl (C=O) groups is 1. The van der Waals surface area contributed by atoms with E-state index in [2.05, 4.69) is 19.7 Å². The molecule has 0 saturated heterocycles. The van der Waals surface area contributed by atoms with Crippen molar-refractivity contribution >= 4 is 5.97 Å². The van der Waals surface area contributed by atoms with E-state index in [9.17, 15) is 19.4 Å². The fourth-order valence-corrected chi connectivity index (χ4v) is 2.80. The number of carbonyl (C=O) groups excluding carboxylic acids is 1.